The summed E-state index contributed by atoms with van der Waals surface area (Å²) in [5.41, 5.74) is 4.57. The number of nitrogens with one attached hydrogen (secondary N) is 2. The Morgan fingerprint density at radius 1 is 1.03 bits per heavy atom. The number of aromatic nitrogens is 2. The SMILES string of the molecule is Cc1ccc(CNC(=O)c2ccc3c(c2)nc(C)n3CCC(=O)NC2CCCCC2)cc1. The van der Waals surface area contributed by atoms with Crippen LogP contribution in [0.25, 0.3) is 11.0 Å². The first-order valence-corrected chi connectivity index (χ1v) is 11.6. The van der Waals surface area contributed by atoms with Gasteiger partial charge >= 0.3 is 0 Å². The first-order valence-electron chi connectivity index (χ1n) is 11.6. The normalized spacial score (nSPS) is 14.4. The fourth-order valence-electron chi connectivity index (χ4n) is 4.42. The van der Waals surface area contributed by atoms with Crippen molar-refractivity contribution in [1.82, 2.24) is 20.2 Å². The molecule has 0 spiro atoms. The quantitative estimate of drug-likeness (QED) is 0.580. The van der Waals surface area contributed by atoms with Gasteiger partial charge in [0, 0.05) is 31.1 Å². The number of aryl methyl sites for hydroxylation is 3. The third kappa shape index (κ3) is 5.36. The summed E-state index contributed by atoms with van der Waals surface area (Å²) in [5, 5.41) is 6.15. The molecule has 1 heterocycles. The number of nitrogens with zero attached hydrogens (tertiary/aromatic N) is 2. The number of carbonyl (C=O) groups is 2. The van der Waals surface area contributed by atoms with Crippen molar-refractivity contribution in [3.8, 4) is 0 Å². The van der Waals surface area contributed by atoms with E-state index in [1.54, 1.807) is 0 Å². The van der Waals surface area contributed by atoms with Gasteiger partial charge in [-0.2, -0.15) is 0 Å². The van der Waals surface area contributed by atoms with Crippen LogP contribution in [0.15, 0.2) is 42.5 Å². The molecule has 1 saturated carbocycles. The smallest absolute Gasteiger partial charge is 0.251 e. The number of hydrogen-bond acceptors (Lipinski definition) is 3. The van der Waals surface area contributed by atoms with Crippen molar-refractivity contribution >= 4 is 22.8 Å². The molecule has 2 amide bonds. The summed E-state index contributed by atoms with van der Waals surface area (Å²) in [6.07, 6.45) is 6.30. The number of carbonyl (C=O) groups excluding carboxylic acids is 2. The number of rotatable bonds is 7. The summed E-state index contributed by atoms with van der Waals surface area (Å²) in [5.74, 6) is 0.833. The Labute approximate surface area is 189 Å². The maximum absolute atomic E-state index is 12.6. The molecule has 0 aliphatic heterocycles. The highest BCUT2D eigenvalue weighted by molar-refractivity contribution is 5.97. The van der Waals surface area contributed by atoms with Crippen molar-refractivity contribution in [2.45, 2.75) is 71.5 Å². The molecule has 0 radical (unpaired) electrons. The fraction of sp³-hybridized carbons (Fsp3) is 0.423. The molecule has 0 unspecified atom stereocenters. The van der Waals surface area contributed by atoms with Crippen LogP contribution < -0.4 is 10.6 Å². The van der Waals surface area contributed by atoms with E-state index in [1.807, 2.05) is 56.3 Å². The average molecular weight is 433 g/mol. The number of fused-ring (bicyclic) bond motifs is 1. The van der Waals surface area contributed by atoms with Gasteiger partial charge in [-0.15, -0.1) is 0 Å². The minimum absolute atomic E-state index is 0.102. The van der Waals surface area contributed by atoms with Crippen LogP contribution in [-0.2, 0) is 17.9 Å². The fourth-order valence-corrected chi connectivity index (χ4v) is 4.42. The van der Waals surface area contributed by atoms with Gasteiger partial charge in [-0.1, -0.05) is 49.1 Å². The van der Waals surface area contributed by atoms with Crippen molar-refractivity contribution in [3.63, 3.8) is 0 Å². The van der Waals surface area contributed by atoms with Crippen LogP contribution in [0.3, 0.4) is 0 Å². The van der Waals surface area contributed by atoms with Crippen LogP contribution in [0.1, 0.15) is 65.8 Å². The zero-order valence-electron chi connectivity index (χ0n) is 19.0. The summed E-state index contributed by atoms with van der Waals surface area (Å²) < 4.78 is 2.06. The van der Waals surface area contributed by atoms with Gasteiger partial charge in [-0.05, 0) is 50.5 Å². The van der Waals surface area contributed by atoms with Crippen LogP contribution in [0.2, 0.25) is 0 Å². The van der Waals surface area contributed by atoms with Gasteiger partial charge in [0.05, 0.1) is 11.0 Å². The largest absolute Gasteiger partial charge is 0.353 e. The van der Waals surface area contributed by atoms with Gasteiger partial charge in [0.1, 0.15) is 5.82 Å². The van der Waals surface area contributed by atoms with E-state index in [0.29, 0.717) is 31.1 Å². The van der Waals surface area contributed by atoms with E-state index in [1.165, 1.54) is 24.8 Å². The monoisotopic (exact) mass is 432 g/mol. The molecular formula is C26H32N4O2. The van der Waals surface area contributed by atoms with Gasteiger partial charge in [0.2, 0.25) is 5.91 Å². The van der Waals surface area contributed by atoms with Crippen LogP contribution in [-0.4, -0.2) is 27.4 Å². The van der Waals surface area contributed by atoms with Crippen LogP contribution >= 0.6 is 0 Å². The van der Waals surface area contributed by atoms with Crippen molar-refractivity contribution < 1.29 is 9.59 Å². The molecule has 32 heavy (non-hydrogen) atoms. The summed E-state index contributed by atoms with van der Waals surface area (Å²) >= 11 is 0. The summed E-state index contributed by atoms with van der Waals surface area (Å²) in [6.45, 7) is 5.05. The number of hydrogen-bond donors (Lipinski definition) is 2. The van der Waals surface area contributed by atoms with Gasteiger partial charge in [0.15, 0.2) is 0 Å². The zero-order chi connectivity index (χ0) is 22.5. The van der Waals surface area contributed by atoms with Crippen LogP contribution in [0.5, 0.6) is 0 Å². The lowest BCUT2D eigenvalue weighted by Crippen LogP contribution is -2.36. The second kappa shape index (κ2) is 9.98. The molecule has 1 aromatic heterocycles. The highest BCUT2D eigenvalue weighted by Gasteiger charge is 2.17. The maximum atomic E-state index is 12.6. The molecule has 2 aromatic carbocycles. The summed E-state index contributed by atoms with van der Waals surface area (Å²) in [4.78, 5) is 29.7. The lowest BCUT2D eigenvalue weighted by Gasteiger charge is -2.22. The van der Waals surface area contributed by atoms with Crippen LogP contribution in [0.4, 0.5) is 0 Å². The molecule has 1 aliphatic rings. The molecule has 6 nitrogen and oxygen atoms in total. The molecule has 3 aromatic rings. The number of imidazole rings is 1. The number of benzene rings is 2. The molecule has 6 heteroatoms. The maximum Gasteiger partial charge on any atom is 0.251 e. The summed E-state index contributed by atoms with van der Waals surface area (Å²) in [7, 11) is 0. The molecule has 4 rings (SSSR count). The first-order chi connectivity index (χ1) is 15.5. The minimum Gasteiger partial charge on any atom is -0.353 e. The van der Waals surface area contributed by atoms with E-state index in [0.717, 1.165) is 35.3 Å². The highest BCUT2D eigenvalue weighted by Crippen LogP contribution is 2.20. The first kappa shape index (κ1) is 22.1. The standard InChI is InChI=1S/C26H32N4O2/c1-18-8-10-20(11-9-18)17-27-26(32)21-12-13-24-23(16-21)28-19(2)30(24)15-14-25(31)29-22-6-4-3-5-7-22/h8-13,16,22H,3-7,14-15,17H2,1-2H3,(H,27,32)(H,29,31). The lowest BCUT2D eigenvalue weighted by atomic mass is 9.95. The Morgan fingerprint density at radius 3 is 2.53 bits per heavy atom. The average Bonchev–Trinajstić information content (AvgIpc) is 3.11. The predicted molar refractivity (Wildman–Crippen MR) is 126 cm³/mol. The second-order valence-corrected chi connectivity index (χ2v) is 8.83. The predicted octanol–water partition coefficient (Wildman–Crippen LogP) is 4.42. The lowest BCUT2D eigenvalue weighted by molar-refractivity contribution is -0.122. The van der Waals surface area contributed by atoms with Crippen LogP contribution in [0, 0.1) is 13.8 Å². The second-order valence-electron chi connectivity index (χ2n) is 8.83. The molecule has 1 aliphatic carbocycles. The Morgan fingerprint density at radius 2 is 1.78 bits per heavy atom. The Hall–Kier alpha value is -3.15. The van der Waals surface area contributed by atoms with E-state index in [-0.39, 0.29) is 11.8 Å². The Balaban J connectivity index is 1.37. The molecule has 0 bridgehead atoms. The molecule has 0 atom stereocenters. The van der Waals surface area contributed by atoms with Crippen molar-refractivity contribution in [1.29, 1.82) is 0 Å². The van der Waals surface area contributed by atoms with Crippen molar-refractivity contribution in [2.24, 2.45) is 0 Å². The Kier molecular flexibility index (Phi) is 6.88. The van der Waals surface area contributed by atoms with E-state index in [2.05, 4.69) is 20.2 Å². The van der Waals surface area contributed by atoms with E-state index in [4.69, 9.17) is 0 Å². The summed E-state index contributed by atoms with van der Waals surface area (Å²) in [6, 6.07) is 14.0. The molecular weight excluding hydrogens is 400 g/mol. The van der Waals surface area contributed by atoms with E-state index in [9.17, 15) is 9.59 Å². The molecule has 168 valence electrons. The van der Waals surface area contributed by atoms with Gasteiger partial charge < -0.3 is 15.2 Å². The highest BCUT2D eigenvalue weighted by atomic mass is 16.2. The van der Waals surface area contributed by atoms with Gasteiger partial charge in [0.25, 0.3) is 5.91 Å². The molecule has 2 N–H and O–H groups in total. The topological polar surface area (TPSA) is 76.0 Å². The third-order valence-electron chi connectivity index (χ3n) is 6.31. The van der Waals surface area contributed by atoms with E-state index < -0.39 is 0 Å². The van der Waals surface area contributed by atoms with Crippen molar-refractivity contribution in [3.05, 3.63) is 65.0 Å². The number of amides is 2. The Bertz CT molecular complexity index is 1090. The molecule has 0 saturated heterocycles. The zero-order valence-corrected chi connectivity index (χ0v) is 19.0. The van der Waals surface area contributed by atoms with Gasteiger partial charge in [-0.3, -0.25) is 9.59 Å². The minimum atomic E-state index is -0.119. The third-order valence-corrected chi connectivity index (χ3v) is 6.31. The van der Waals surface area contributed by atoms with Gasteiger partial charge in [-0.25, -0.2) is 4.98 Å². The molecule has 1 fully saturated rings. The van der Waals surface area contributed by atoms with E-state index >= 15 is 0 Å². The van der Waals surface area contributed by atoms with Crippen molar-refractivity contribution in [2.75, 3.05) is 0 Å².